The molecule has 1 aromatic rings. The number of halogens is 1. The number of hydrogen-bond acceptors (Lipinski definition) is 3. The quantitative estimate of drug-likeness (QED) is 0.795. The summed E-state index contributed by atoms with van der Waals surface area (Å²) in [6.45, 7) is 4.74. The number of rotatable bonds is 6. The average molecular weight is 259 g/mol. The molecule has 0 radical (unpaired) electrons. The van der Waals surface area contributed by atoms with Gasteiger partial charge in [0.1, 0.15) is 12.4 Å². The molecule has 0 aliphatic rings. The highest BCUT2D eigenvalue weighted by Crippen LogP contribution is 2.15. The lowest BCUT2D eigenvalue weighted by atomic mass is 10.4. The summed E-state index contributed by atoms with van der Waals surface area (Å²) >= 11 is 3.34. The molecule has 0 unspecified atom stereocenters. The van der Waals surface area contributed by atoms with E-state index in [4.69, 9.17) is 4.74 Å². The lowest BCUT2D eigenvalue weighted by Gasteiger charge is -2.06. The van der Waals surface area contributed by atoms with Crippen molar-refractivity contribution in [2.45, 2.75) is 13.3 Å². The van der Waals surface area contributed by atoms with E-state index in [2.05, 4.69) is 33.2 Å². The molecule has 3 nitrogen and oxygen atoms in total. The summed E-state index contributed by atoms with van der Waals surface area (Å²) in [6.07, 6.45) is 4.60. The number of hydrogen-bond donors (Lipinski definition) is 1. The predicted molar refractivity (Wildman–Crippen MR) is 60.6 cm³/mol. The van der Waals surface area contributed by atoms with E-state index in [1.54, 1.807) is 12.4 Å². The van der Waals surface area contributed by atoms with Gasteiger partial charge in [-0.15, -0.1) is 0 Å². The maximum absolute atomic E-state index is 5.48. The summed E-state index contributed by atoms with van der Waals surface area (Å²) in [5, 5.41) is 3.26. The summed E-state index contributed by atoms with van der Waals surface area (Å²) < 4.78 is 6.42. The Morgan fingerprint density at radius 2 is 2.29 bits per heavy atom. The first-order chi connectivity index (χ1) is 6.83. The van der Waals surface area contributed by atoms with Crippen LogP contribution in [0.1, 0.15) is 13.3 Å². The zero-order chi connectivity index (χ0) is 10.2. The molecule has 0 bridgehead atoms. The zero-order valence-electron chi connectivity index (χ0n) is 8.29. The van der Waals surface area contributed by atoms with Gasteiger partial charge in [0, 0.05) is 17.2 Å². The number of aromatic nitrogens is 1. The van der Waals surface area contributed by atoms with E-state index in [1.165, 1.54) is 0 Å². The average Bonchev–Trinajstić information content (AvgIpc) is 2.18. The third kappa shape index (κ3) is 4.58. The Morgan fingerprint density at radius 1 is 1.43 bits per heavy atom. The van der Waals surface area contributed by atoms with Crippen LogP contribution in [0, 0.1) is 0 Å². The molecule has 14 heavy (non-hydrogen) atoms. The van der Waals surface area contributed by atoms with Gasteiger partial charge in [-0.05, 0) is 35.0 Å². The molecule has 0 aromatic carbocycles. The fourth-order valence-corrected chi connectivity index (χ4v) is 1.36. The Labute approximate surface area is 93.0 Å². The molecule has 0 spiro atoms. The zero-order valence-corrected chi connectivity index (χ0v) is 9.88. The molecule has 1 rings (SSSR count). The van der Waals surface area contributed by atoms with E-state index < -0.39 is 0 Å². The van der Waals surface area contributed by atoms with Crippen molar-refractivity contribution < 1.29 is 4.74 Å². The number of pyridine rings is 1. The van der Waals surface area contributed by atoms with Gasteiger partial charge in [0.25, 0.3) is 0 Å². The molecular weight excluding hydrogens is 244 g/mol. The van der Waals surface area contributed by atoms with Gasteiger partial charge in [-0.2, -0.15) is 0 Å². The Balaban J connectivity index is 2.18. The van der Waals surface area contributed by atoms with Crippen molar-refractivity contribution in [3.8, 4) is 5.75 Å². The molecule has 0 atom stereocenters. The fraction of sp³-hybridized carbons (Fsp3) is 0.500. The highest BCUT2D eigenvalue weighted by atomic mass is 79.9. The van der Waals surface area contributed by atoms with Gasteiger partial charge in [-0.3, -0.25) is 4.98 Å². The fourth-order valence-electron chi connectivity index (χ4n) is 1.01. The van der Waals surface area contributed by atoms with Crippen LogP contribution in [-0.2, 0) is 0 Å². The van der Waals surface area contributed by atoms with E-state index in [-0.39, 0.29) is 0 Å². The van der Waals surface area contributed by atoms with Crippen LogP contribution in [0.3, 0.4) is 0 Å². The Hall–Kier alpha value is -0.610. The molecule has 1 N–H and O–H groups in total. The van der Waals surface area contributed by atoms with Gasteiger partial charge in [-0.1, -0.05) is 6.92 Å². The van der Waals surface area contributed by atoms with Crippen molar-refractivity contribution >= 4 is 15.9 Å². The smallest absolute Gasteiger partial charge is 0.138 e. The molecular formula is C10H15BrN2O. The molecule has 0 aliphatic heterocycles. The predicted octanol–water partition coefficient (Wildman–Crippen LogP) is 2.22. The van der Waals surface area contributed by atoms with E-state index in [1.807, 2.05) is 6.07 Å². The molecule has 0 saturated carbocycles. The van der Waals surface area contributed by atoms with Gasteiger partial charge in [-0.25, -0.2) is 0 Å². The van der Waals surface area contributed by atoms with Crippen molar-refractivity contribution in [2.75, 3.05) is 19.7 Å². The SMILES string of the molecule is CCCNCCOc1cncc(Br)c1. The van der Waals surface area contributed by atoms with E-state index in [0.717, 1.165) is 29.7 Å². The lowest BCUT2D eigenvalue weighted by Crippen LogP contribution is -2.21. The minimum Gasteiger partial charge on any atom is -0.491 e. The standard InChI is InChI=1S/C10H15BrN2O/c1-2-3-12-4-5-14-10-6-9(11)7-13-8-10/h6-8,12H,2-5H2,1H3. The number of nitrogens with zero attached hydrogens (tertiary/aromatic N) is 1. The Morgan fingerprint density at radius 3 is 3.00 bits per heavy atom. The lowest BCUT2D eigenvalue weighted by molar-refractivity contribution is 0.313. The molecule has 0 amide bonds. The van der Waals surface area contributed by atoms with Crippen LogP contribution < -0.4 is 10.1 Å². The van der Waals surface area contributed by atoms with Crippen molar-refractivity contribution in [1.29, 1.82) is 0 Å². The second-order valence-electron chi connectivity index (χ2n) is 2.94. The van der Waals surface area contributed by atoms with Crippen LogP contribution in [0.15, 0.2) is 22.9 Å². The molecule has 1 heterocycles. The van der Waals surface area contributed by atoms with E-state index in [0.29, 0.717) is 6.61 Å². The summed E-state index contributed by atoms with van der Waals surface area (Å²) in [5.41, 5.74) is 0. The summed E-state index contributed by atoms with van der Waals surface area (Å²) in [5.74, 6) is 0.803. The van der Waals surface area contributed by atoms with Gasteiger partial charge >= 0.3 is 0 Å². The largest absolute Gasteiger partial charge is 0.491 e. The van der Waals surface area contributed by atoms with Crippen LogP contribution >= 0.6 is 15.9 Å². The van der Waals surface area contributed by atoms with Gasteiger partial charge in [0.2, 0.25) is 0 Å². The van der Waals surface area contributed by atoms with Crippen LogP contribution in [-0.4, -0.2) is 24.7 Å². The van der Waals surface area contributed by atoms with Gasteiger partial charge in [0.15, 0.2) is 0 Å². The summed E-state index contributed by atoms with van der Waals surface area (Å²) in [4.78, 5) is 4.01. The van der Waals surface area contributed by atoms with E-state index >= 15 is 0 Å². The first-order valence-electron chi connectivity index (χ1n) is 4.77. The monoisotopic (exact) mass is 258 g/mol. The van der Waals surface area contributed by atoms with Crippen molar-refractivity contribution in [3.63, 3.8) is 0 Å². The third-order valence-electron chi connectivity index (χ3n) is 1.65. The van der Waals surface area contributed by atoms with Gasteiger partial charge in [0.05, 0.1) is 6.20 Å². The molecule has 0 fully saturated rings. The maximum atomic E-state index is 5.48. The number of nitrogens with one attached hydrogen (secondary N) is 1. The number of ether oxygens (including phenoxy) is 1. The molecule has 0 saturated heterocycles. The molecule has 4 heteroatoms. The van der Waals surface area contributed by atoms with Crippen LogP contribution in [0.5, 0.6) is 5.75 Å². The minimum absolute atomic E-state index is 0.679. The highest BCUT2D eigenvalue weighted by Gasteiger charge is 1.94. The normalized spacial score (nSPS) is 10.1. The van der Waals surface area contributed by atoms with Crippen molar-refractivity contribution in [3.05, 3.63) is 22.9 Å². The molecule has 78 valence electrons. The first kappa shape index (κ1) is 11.5. The second kappa shape index (κ2) is 6.79. The summed E-state index contributed by atoms with van der Waals surface area (Å²) in [7, 11) is 0. The van der Waals surface area contributed by atoms with E-state index in [9.17, 15) is 0 Å². The van der Waals surface area contributed by atoms with Crippen molar-refractivity contribution in [2.24, 2.45) is 0 Å². The van der Waals surface area contributed by atoms with Gasteiger partial charge < -0.3 is 10.1 Å². The second-order valence-corrected chi connectivity index (χ2v) is 3.85. The first-order valence-corrected chi connectivity index (χ1v) is 5.56. The highest BCUT2D eigenvalue weighted by molar-refractivity contribution is 9.10. The van der Waals surface area contributed by atoms with Crippen LogP contribution in [0.25, 0.3) is 0 Å². The third-order valence-corrected chi connectivity index (χ3v) is 2.09. The molecule has 1 aromatic heterocycles. The maximum Gasteiger partial charge on any atom is 0.138 e. The molecule has 0 aliphatic carbocycles. The minimum atomic E-state index is 0.679. The van der Waals surface area contributed by atoms with Crippen LogP contribution in [0.2, 0.25) is 0 Å². The van der Waals surface area contributed by atoms with Crippen LogP contribution in [0.4, 0.5) is 0 Å². The van der Waals surface area contributed by atoms with Crippen molar-refractivity contribution in [1.82, 2.24) is 10.3 Å². The Kier molecular flexibility index (Phi) is 5.56. The Bertz CT molecular complexity index is 268. The summed E-state index contributed by atoms with van der Waals surface area (Å²) in [6, 6.07) is 1.91. The topological polar surface area (TPSA) is 34.1 Å².